The fourth-order valence-corrected chi connectivity index (χ4v) is 2.54. The van der Waals surface area contributed by atoms with E-state index < -0.39 is 0 Å². The van der Waals surface area contributed by atoms with E-state index in [0.717, 1.165) is 27.5 Å². The summed E-state index contributed by atoms with van der Waals surface area (Å²) in [5, 5.41) is 2.26. The van der Waals surface area contributed by atoms with Gasteiger partial charge in [0.1, 0.15) is 5.75 Å². The van der Waals surface area contributed by atoms with Crippen LogP contribution in [0.5, 0.6) is 5.75 Å². The molecule has 0 aliphatic carbocycles. The third-order valence-electron chi connectivity index (χ3n) is 3.34. The molecule has 3 heteroatoms. The highest BCUT2D eigenvalue weighted by Gasteiger charge is 2.12. The number of benzene rings is 1. The summed E-state index contributed by atoms with van der Waals surface area (Å²) in [4.78, 5) is 4.35. The van der Waals surface area contributed by atoms with Gasteiger partial charge in [0.25, 0.3) is 0 Å². The molecular weight excluding hydrogens is 236 g/mol. The molecule has 0 radical (unpaired) electrons. The van der Waals surface area contributed by atoms with Crippen molar-refractivity contribution < 1.29 is 6.11 Å². The molecule has 2 aromatic heterocycles. The Kier molecular flexibility index (Phi) is 2.38. The molecule has 94 valence electrons. The van der Waals surface area contributed by atoms with E-state index in [1.807, 2.05) is 37.4 Å². The van der Waals surface area contributed by atoms with Crippen molar-refractivity contribution in [2.24, 2.45) is 0 Å². The summed E-state index contributed by atoms with van der Waals surface area (Å²) >= 11 is 0. The van der Waals surface area contributed by atoms with E-state index in [2.05, 4.69) is 15.5 Å². The van der Waals surface area contributed by atoms with Crippen LogP contribution in [0.25, 0.3) is 21.8 Å². The first-order valence-electron chi connectivity index (χ1n) is 6.70. The maximum absolute atomic E-state index is 7.15. The highest BCUT2D eigenvalue weighted by Crippen LogP contribution is 2.32. The molecule has 0 bridgehead atoms. The summed E-state index contributed by atoms with van der Waals surface area (Å²) in [7, 11) is -0.0958. The molecule has 0 amide bonds. The van der Waals surface area contributed by atoms with Gasteiger partial charge in [-0.25, -0.2) is 0 Å². The van der Waals surface area contributed by atoms with Crippen LogP contribution >= 0.6 is 0 Å². The zero-order valence-electron chi connectivity index (χ0n) is 11.7. The van der Waals surface area contributed by atoms with Crippen LogP contribution < -0.4 is 4.74 Å². The number of pyridine rings is 1. The van der Waals surface area contributed by atoms with E-state index in [1.54, 1.807) is 0 Å². The highest BCUT2D eigenvalue weighted by atomic mass is 16.5. The van der Waals surface area contributed by atoms with Gasteiger partial charge >= 0.3 is 0 Å². The van der Waals surface area contributed by atoms with Crippen LogP contribution in [-0.4, -0.2) is 16.6 Å². The highest BCUT2D eigenvalue weighted by molar-refractivity contribution is 6.09. The summed E-state index contributed by atoms with van der Waals surface area (Å²) < 4.78 is 14.5. The Bertz CT molecular complexity index is 830. The molecular formula is C16H14N2O. The van der Waals surface area contributed by atoms with Gasteiger partial charge < -0.3 is 9.30 Å². The minimum atomic E-state index is -0.0958. The average molecular weight is 251 g/mol. The molecule has 0 aliphatic rings. The third kappa shape index (κ3) is 1.65. The molecule has 2 heterocycles. The van der Waals surface area contributed by atoms with Crippen molar-refractivity contribution >= 4 is 21.8 Å². The topological polar surface area (TPSA) is 27.1 Å². The van der Waals surface area contributed by atoms with Crippen LogP contribution in [-0.2, 0) is 6.54 Å². The Morgan fingerprint density at radius 2 is 2.32 bits per heavy atom. The van der Waals surface area contributed by atoms with Crippen LogP contribution in [0.1, 0.15) is 7.06 Å². The lowest BCUT2D eigenvalue weighted by Gasteiger charge is -2.05. The number of ether oxygens (including phenoxy) is 1. The normalized spacial score (nSPS) is 11.5. The lowest BCUT2D eigenvalue weighted by molar-refractivity contribution is 0.415. The Balaban J connectivity index is 2.41. The second-order valence-corrected chi connectivity index (χ2v) is 4.41. The summed E-state index contributed by atoms with van der Waals surface area (Å²) in [6.07, 6.45) is 7.31. The SMILES string of the molecule is [2H]COc1ccc2c3ccnc(C)c3n(CC#C)c2c1. The van der Waals surface area contributed by atoms with Crippen LogP contribution in [0.2, 0.25) is 0 Å². The maximum Gasteiger partial charge on any atom is 0.120 e. The van der Waals surface area contributed by atoms with E-state index in [9.17, 15) is 0 Å². The fraction of sp³-hybridized carbons (Fsp3) is 0.188. The monoisotopic (exact) mass is 251 g/mol. The largest absolute Gasteiger partial charge is 0.497 e. The van der Waals surface area contributed by atoms with Crippen molar-refractivity contribution in [3.63, 3.8) is 0 Å². The van der Waals surface area contributed by atoms with Gasteiger partial charge in [-0.1, -0.05) is 5.92 Å². The predicted molar refractivity (Wildman–Crippen MR) is 77.4 cm³/mol. The maximum atomic E-state index is 7.15. The molecule has 0 fully saturated rings. The Hall–Kier alpha value is -2.47. The van der Waals surface area contributed by atoms with Crippen molar-refractivity contribution in [1.29, 1.82) is 0 Å². The number of aryl methyl sites for hydroxylation is 1. The number of rotatable bonds is 2. The number of hydrogen-bond acceptors (Lipinski definition) is 2. The van der Waals surface area contributed by atoms with Gasteiger partial charge in [0.2, 0.25) is 0 Å². The number of terminal acetylenes is 1. The van der Waals surface area contributed by atoms with Gasteiger partial charge in [-0.2, -0.15) is 0 Å². The first-order valence-corrected chi connectivity index (χ1v) is 5.99. The minimum Gasteiger partial charge on any atom is -0.497 e. The molecule has 0 N–H and O–H groups in total. The second kappa shape index (κ2) is 4.33. The van der Waals surface area contributed by atoms with Gasteiger partial charge in [0.15, 0.2) is 0 Å². The van der Waals surface area contributed by atoms with Crippen LogP contribution in [0.15, 0.2) is 30.5 Å². The first-order chi connectivity index (χ1) is 9.76. The molecule has 0 saturated heterocycles. The number of methoxy groups -OCH3 is 1. The predicted octanol–water partition coefficient (Wildman–Crippen LogP) is 3.14. The molecule has 0 aliphatic heterocycles. The van der Waals surface area contributed by atoms with Gasteiger partial charge in [0.05, 0.1) is 31.7 Å². The van der Waals surface area contributed by atoms with E-state index in [1.165, 1.54) is 0 Å². The Morgan fingerprint density at radius 3 is 3.11 bits per heavy atom. The van der Waals surface area contributed by atoms with Gasteiger partial charge in [-0.05, 0) is 25.1 Å². The van der Waals surface area contributed by atoms with Crippen LogP contribution in [0.3, 0.4) is 0 Å². The van der Waals surface area contributed by atoms with Crippen LogP contribution in [0, 0.1) is 19.3 Å². The summed E-state index contributed by atoms with van der Waals surface area (Å²) in [6.45, 7) is 2.46. The standard InChI is InChI=1S/C16H14N2O/c1-4-9-18-15-10-12(19-3)5-6-13(15)14-7-8-17-11(2)16(14)18/h1,5-8,10H,9H2,2-3H3/i3D. The minimum absolute atomic E-state index is 0.0958. The molecule has 3 nitrogen and oxygen atoms in total. The zero-order chi connectivity index (χ0) is 14.1. The third-order valence-corrected chi connectivity index (χ3v) is 3.34. The van der Waals surface area contributed by atoms with Gasteiger partial charge in [0, 0.05) is 23.0 Å². The summed E-state index contributed by atoms with van der Waals surface area (Å²) in [5.41, 5.74) is 3.03. The first kappa shape index (κ1) is 10.5. The van der Waals surface area contributed by atoms with E-state index in [4.69, 9.17) is 12.5 Å². The van der Waals surface area contributed by atoms with Gasteiger partial charge in [-0.15, -0.1) is 6.42 Å². The molecule has 3 aromatic rings. The van der Waals surface area contributed by atoms with Crippen LogP contribution in [0.4, 0.5) is 0 Å². The lowest BCUT2D eigenvalue weighted by atomic mass is 10.1. The molecule has 1 aromatic carbocycles. The molecule has 0 spiro atoms. The van der Waals surface area contributed by atoms with Gasteiger partial charge in [-0.3, -0.25) is 4.98 Å². The van der Waals surface area contributed by atoms with E-state index in [0.29, 0.717) is 12.3 Å². The molecule has 0 unspecified atom stereocenters. The van der Waals surface area contributed by atoms with Crippen molar-refractivity contribution in [3.8, 4) is 18.1 Å². The van der Waals surface area contributed by atoms with Crippen molar-refractivity contribution in [1.82, 2.24) is 9.55 Å². The number of nitrogens with zero attached hydrogens (tertiary/aromatic N) is 2. The zero-order valence-corrected chi connectivity index (χ0v) is 10.7. The van der Waals surface area contributed by atoms with E-state index in [-0.39, 0.29) is 7.09 Å². The Morgan fingerprint density at radius 1 is 1.42 bits per heavy atom. The van der Waals surface area contributed by atoms with Crippen molar-refractivity contribution in [2.45, 2.75) is 13.5 Å². The quantitative estimate of drug-likeness (QED) is 0.654. The molecule has 3 rings (SSSR count). The molecule has 19 heavy (non-hydrogen) atoms. The smallest absolute Gasteiger partial charge is 0.120 e. The molecule has 0 saturated carbocycles. The number of hydrogen-bond donors (Lipinski definition) is 0. The molecule has 0 atom stereocenters. The summed E-state index contributed by atoms with van der Waals surface area (Å²) in [6, 6.07) is 7.82. The fourth-order valence-electron chi connectivity index (χ4n) is 2.54. The number of aromatic nitrogens is 2. The summed E-state index contributed by atoms with van der Waals surface area (Å²) in [5.74, 6) is 3.37. The van der Waals surface area contributed by atoms with E-state index >= 15 is 0 Å². The number of fused-ring (bicyclic) bond motifs is 3. The second-order valence-electron chi connectivity index (χ2n) is 4.41. The lowest BCUT2D eigenvalue weighted by Crippen LogP contribution is -1.97. The van der Waals surface area contributed by atoms with Crippen molar-refractivity contribution in [3.05, 3.63) is 36.2 Å². The average Bonchev–Trinajstić information content (AvgIpc) is 2.75. The van der Waals surface area contributed by atoms with Crippen molar-refractivity contribution in [2.75, 3.05) is 7.09 Å². The Labute approximate surface area is 113 Å².